The second-order valence-corrected chi connectivity index (χ2v) is 7.54. The molecule has 2 unspecified atom stereocenters. The number of nitrogens with two attached hydrogens (primary N) is 1. The van der Waals surface area contributed by atoms with E-state index in [-0.39, 0.29) is 35.7 Å². The van der Waals surface area contributed by atoms with Crippen LogP contribution in [0.15, 0.2) is 28.7 Å². The van der Waals surface area contributed by atoms with Gasteiger partial charge in [-0.15, -0.1) is 12.4 Å². The topological polar surface area (TPSA) is 55.1 Å². The summed E-state index contributed by atoms with van der Waals surface area (Å²) in [5.74, 6) is 0.327. The Morgan fingerprint density at radius 1 is 1.27 bits per heavy atom. The van der Waals surface area contributed by atoms with Crippen molar-refractivity contribution in [1.82, 2.24) is 5.32 Å². The molecule has 0 spiro atoms. The molecule has 1 aromatic rings. The third kappa shape index (κ3) is 3.66. The number of carbonyl (C=O) groups excluding carboxylic acids is 1. The van der Waals surface area contributed by atoms with Crippen LogP contribution in [0.4, 0.5) is 0 Å². The number of benzene rings is 1. The van der Waals surface area contributed by atoms with Crippen LogP contribution in [0, 0.1) is 5.92 Å². The molecule has 0 saturated heterocycles. The van der Waals surface area contributed by atoms with Crippen LogP contribution in [0.25, 0.3) is 0 Å². The van der Waals surface area contributed by atoms with Gasteiger partial charge in [0.05, 0.1) is 0 Å². The van der Waals surface area contributed by atoms with Crippen molar-refractivity contribution in [3.8, 4) is 0 Å². The number of carbonyl (C=O) groups is 1. The van der Waals surface area contributed by atoms with E-state index in [0.717, 1.165) is 30.3 Å². The van der Waals surface area contributed by atoms with E-state index in [4.69, 9.17) is 5.73 Å². The summed E-state index contributed by atoms with van der Waals surface area (Å²) in [6.07, 6.45) is 6.35. The van der Waals surface area contributed by atoms with E-state index in [1.807, 2.05) is 0 Å². The van der Waals surface area contributed by atoms with Gasteiger partial charge >= 0.3 is 0 Å². The van der Waals surface area contributed by atoms with Crippen LogP contribution >= 0.6 is 28.3 Å². The van der Waals surface area contributed by atoms with Crippen LogP contribution in [0.3, 0.4) is 0 Å². The number of halogens is 2. The third-order valence-electron chi connectivity index (χ3n) is 5.21. The lowest BCUT2D eigenvalue weighted by molar-refractivity contribution is -0.125. The summed E-state index contributed by atoms with van der Waals surface area (Å²) < 4.78 is 1.10. The minimum absolute atomic E-state index is 0. The van der Waals surface area contributed by atoms with Crippen molar-refractivity contribution in [2.24, 2.45) is 11.7 Å². The summed E-state index contributed by atoms with van der Waals surface area (Å²) >= 11 is 3.48. The Balaban J connectivity index is 0.00000176. The quantitative estimate of drug-likeness (QED) is 0.830. The van der Waals surface area contributed by atoms with Gasteiger partial charge in [0.1, 0.15) is 0 Å². The first-order chi connectivity index (χ1) is 10.1. The van der Waals surface area contributed by atoms with E-state index < -0.39 is 0 Å². The van der Waals surface area contributed by atoms with Gasteiger partial charge in [-0.1, -0.05) is 34.5 Å². The SMILES string of the molecule is Cl.NC1CCC(C(=O)NCC2(c3ccc(Br)cc3)CCC2)C1. The van der Waals surface area contributed by atoms with Gasteiger partial charge in [0.25, 0.3) is 0 Å². The van der Waals surface area contributed by atoms with Gasteiger partial charge in [-0.2, -0.15) is 0 Å². The first-order valence-corrected chi connectivity index (χ1v) is 8.68. The lowest BCUT2D eigenvalue weighted by Crippen LogP contribution is -2.46. The summed E-state index contributed by atoms with van der Waals surface area (Å²) in [5, 5.41) is 3.19. The van der Waals surface area contributed by atoms with Crippen LogP contribution < -0.4 is 11.1 Å². The molecule has 1 amide bonds. The van der Waals surface area contributed by atoms with E-state index in [1.165, 1.54) is 24.8 Å². The highest BCUT2D eigenvalue weighted by atomic mass is 79.9. The molecule has 0 aliphatic heterocycles. The molecule has 1 aromatic carbocycles. The van der Waals surface area contributed by atoms with E-state index in [1.54, 1.807) is 0 Å². The summed E-state index contributed by atoms with van der Waals surface area (Å²) in [5.41, 5.74) is 7.40. The maximum Gasteiger partial charge on any atom is 0.223 e. The lowest BCUT2D eigenvalue weighted by atomic mass is 9.64. The molecule has 2 atom stereocenters. The Labute approximate surface area is 147 Å². The minimum Gasteiger partial charge on any atom is -0.355 e. The van der Waals surface area contributed by atoms with Crippen LogP contribution in [-0.2, 0) is 10.2 Å². The fourth-order valence-electron chi connectivity index (χ4n) is 3.63. The summed E-state index contributed by atoms with van der Waals surface area (Å²) in [4.78, 5) is 12.3. The van der Waals surface area contributed by atoms with Gasteiger partial charge in [0.15, 0.2) is 0 Å². The molecule has 0 radical (unpaired) electrons. The Morgan fingerprint density at radius 3 is 2.45 bits per heavy atom. The molecule has 122 valence electrons. The van der Waals surface area contributed by atoms with Crippen LogP contribution in [0.2, 0.25) is 0 Å². The third-order valence-corrected chi connectivity index (χ3v) is 5.74. The zero-order valence-electron chi connectivity index (χ0n) is 12.7. The molecular weight excluding hydrogens is 364 g/mol. The van der Waals surface area contributed by atoms with Crippen molar-refractivity contribution in [2.45, 2.75) is 50.0 Å². The largest absolute Gasteiger partial charge is 0.355 e. The molecular formula is C17H24BrClN2O. The molecule has 0 heterocycles. The number of hydrogen-bond acceptors (Lipinski definition) is 2. The molecule has 2 aliphatic rings. The van der Waals surface area contributed by atoms with Gasteiger partial charge in [-0.05, 0) is 49.8 Å². The van der Waals surface area contributed by atoms with Crippen molar-refractivity contribution in [3.63, 3.8) is 0 Å². The monoisotopic (exact) mass is 386 g/mol. The maximum atomic E-state index is 12.3. The second-order valence-electron chi connectivity index (χ2n) is 6.63. The van der Waals surface area contributed by atoms with E-state index in [0.29, 0.717) is 0 Å². The highest BCUT2D eigenvalue weighted by molar-refractivity contribution is 9.10. The molecule has 2 aliphatic carbocycles. The Hall–Kier alpha value is -0.580. The highest BCUT2D eigenvalue weighted by Gasteiger charge is 2.39. The fourth-order valence-corrected chi connectivity index (χ4v) is 3.89. The zero-order valence-corrected chi connectivity index (χ0v) is 15.1. The maximum absolute atomic E-state index is 12.3. The van der Waals surface area contributed by atoms with Crippen LogP contribution in [0.5, 0.6) is 0 Å². The lowest BCUT2D eigenvalue weighted by Gasteiger charge is -2.43. The Morgan fingerprint density at radius 2 is 1.95 bits per heavy atom. The Kier molecular flexibility index (Phi) is 5.92. The van der Waals surface area contributed by atoms with Gasteiger partial charge < -0.3 is 11.1 Å². The van der Waals surface area contributed by atoms with Crippen molar-refractivity contribution in [3.05, 3.63) is 34.3 Å². The molecule has 2 fully saturated rings. The number of rotatable bonds is 4. The number of hydrogen-bond donors (Lipinski definition) is 2. The van der Waals surface area contributed by atoms with Crippen LogP contribution in [0.1, 0.15) is 44.1 Å². The summed E-state index contributed by atoms with van der Waals surface area (Å²) in [6, 6.07) is 8.76. The summed E-state index contributed by atoms with van der Waals surface area (Å²) in [6.45, 7) is 0.763. The van der Waals surface area contributed by atoms with E-state index >= 15 is 0 Å². The predicted molar refractivity (Wildman–Crippen MR) is 95.2 cm³/mol. The average Bonchev–Trinajstić information content (AvgIpc) is 2.86. The van der Waals surface area contributed by atoms with Crippen molar-refractivity contribution >= 4 is 34.2 Å². The molecule has 3 N–H and O–H groups in total. The van der Waals surface area contributed by atoms with Crippen LogP contribution in [-0.4, -0.2) is 18.5 Å². The molecule has 22 heavy (non-hydrogen) atoms. The van der Waals surface area contributed by atoms with Gasteiger partial charge in [-0.3, -0.25) is 4.79 Å². The average molecular weight is 388 g/mol. The molecule has 0 bridgehead atoms. The van der Waals surface area contributed by atoms with Crippen molar-refractivity contribution in [2.75, 3.05) is 6.54 Å². The normalized spacial score (nSPS) is 25.9. The van der Waals surface area contributed by atoms with Gasteiger partial charge in [0.2, 0.25) is 5.91 Å². The molecule has 3 nitrogen and oxygen atoms in total. The smallest absolute Gasteiger partial charge is 0.223 e. The summed E-state index contributed by atoms with van der Waals surface area (Å²) in [7, 11) is 0. The molecule has 0 aromatic heterocycles. The zero-order chi connectivity index (χ0) is 14.9. The Bertz CT molecular complexity index is 516. The minimum atomic E-state index is 0. The fraction of sp³-hybridized carbons (Fsp3) is 0.588. The van der Waals surface area contributed by atoms with Gasteiger partial charge in [0, 0.05) is 28.4 Å². The molecule has 2 saturated carbocycles. The van der Waals surface area contributed by atoms with Crippen molar-refractivity contribution in [1.29, 1.82) is 0 Å². The van der Waals surface area contributed by atoms with E-state index in [2.05, 4.69) is 45.5 Å². The number of nitrogens with one attached hydrogen (secondary N) is 1. The first-order valence-electron chi connectivity index (χ1n) is 7.88. The van der Waals surface area contributed by atoms with E-state index in [9.17, 15) is 4.79 Å². The molecule has 5 heteroatoms. The molecule has 3 rings (SSSR count). The number of amides is 1. The predicted octanol–water partition coefficient (Wildman–Crippen LogP) is 3.54. The highest BCUT2D eigenvalue weighted by Crippen LogP contribution is 2.43. The second kappa shape index (κ2) is 7.33. The van der Waals surface area contributed by atoms with Gasteiger partial charge in [-0.25, -0.2) is 0 Å². The standard InChI is InChI=1S/C17H23BrN2O.ClH/c18-14-5-3-13(4-6-14)17(8-1-9-17)11-20-16(21)12-2-7-15(19)10-12;/h3-6,12,15H,1-2,7-11,19H2,(H,20,21);1H. The first kappa shape index (κ1) is 17.8. The van der Waals surface area contributed by atoms with Crippen molar-refractivity contribution < 1.29 is 4.79 Å².